The number of halogens is 1. The molecule has 1 aromatic rings. The van der Waals surface area contributed by atoms with Gasteiger partial charge >= 0.3 is 10.1 Å². The second-order valence-corrected chi connectivity index (χ2v) is 6.77. The summed E-state index contributed by atoms with van der Waals surface area (Å²) >= 11 is 5.76. The highest BCUT2D eigenvalue weighted by Gasteiger charge is 2.23. The summed E-state index contributed by atoms with van der Waals surface area (Å²) in [5, 5.41) is 14.1. The third kappa shape index (κ3) is 3.52. The zero-order valence-corrected chi connectivity index (χ0v) is 14.1. The van der Waals surface area contributed by atoms with Crippen molar-refractivity contribution in [2.45, 2.75) is 18.7 Å². The van der Waals surface area contributed by atoms with Crippen molar-refractivity contribution in [3.05, 3.63) is 56.6 Å². The molecule has 126 valence electrons. The molecule has 8 nitrogen and oxygen atoms in total. The molecule has 2 rings (SSSR count). The Balaban J connectivity index is 2.35. The van der Waals surface area contributed by atoms with Gasteiger partial charge in [0.05, 0.1) is 9.96 Å². The molecule has 1 aliphatic carbocycles. The molecule has 0 saturated carbocycles. The summed E-state index contributed by atoms with van der Waals surface area (Å²) in [5.74, 6) is -0.380. The fourth-order valence-electron chi connectivity index (χ4n) is 1.82. The van der Waals surface area contributed by atoms with Gasteiger partial charge in [0.25, 0.3) is 5.69 Å². The number of oxime groups is 1. The summed E-state index contributed by atoms with van der Waals surface area (Å²) in [6.07, 6.45) is 1.19. The van der Waals surface area contributed by atoms with Gasteiger partial charge in [-0.1, -0.05) is 22.8 Å². The van der Waals surface area contributed by atoms with E-state index in [1.807, 2.05) is 0 Å². The summed E-state index contributed by atoms with van der Waals surface area (Å²) in [6.45, 7) is 3.09. The number of benzene rings is 1. The van der Waals surface area contributed by atoms with Crippen molar-refractivity contribution in [1.29, 1.82) is 0 Å². The second-order valence-electron chi connectivity index (χ2n) is 4.83. The van der Waals surface area contributed by atoms with E-state index >= 15 is 0 Å². The van der Waals surface area contributed by atoms with E-state index in [0.717, 1.165) is 18.2 Å². The number of allylic oxidation sites excluding steroid dienone is 4. The number of hydrogen-bond donors (Lipinski definition) is 0. The predicted molar refractivity (Wildman–Crippen MR) is 86.1 cm³/mol. The quantitative estimate of drug-likeness (QED) is 0.457. The molecule has 1 aromatic carbocycles. The minimum absolute atomic E-state index is 0.0751. The average Bonchev–Trinajstić information content (AvgIpc) is 2.55. The Labute approximate surface area is 142 Å². The minimum atomic E-state index is -4.36. The lowest BCUT2D eigenvalue weighted by Gasteiger charge is -2.12. The molecule has 0 heterocycles. The van der Waals surface area contributed by atoms with Gasteiger partial charge < -0.3 is 0 Å². The van der Waals surface area contributed by atoms with Crippen molar-refractivity contribution < 1.29 is 22.4 Å². The van der Waals surface area contributed by atoms with E-state index in [1.165, 1.54) is 19.1 Å². The highest BCUT2D eigenvalue weighted by atomic mass is 35.5. The molecule has 10 heteroatoms. The lowest BCUT2D eigenvalue weighted by atomic mass is 9.97. The van der Waals surface area contributed by atoms with Crippen LogP contribution in [0.5, 0.6) is 0 Å². The number of Topliss-reactive ketones (excluding diaryl/α,β-unsaturated/α-hetero) is 1. The molecule has 0 unspecified atom stereocenters. The molecule has 0 saturated heterocycles. The molecule has 24 heavy (non-hydrogen) atoms. The number of ketones is 1. The molecule has 0 bridgehead atoms. The third-order valence-corrected chi connectivity index (χ3v) is 4.70. The van der Waals surface area contributed by atoms with Crippen molar-refractivity contribution >= 4 is 38.9 Å². The topological polar surface area (TPSA) is 116 Å². The normalized spacial score (nSPS) is 17.0. The van der Waals surface area contributed by atoms with E-state index in [0.29, 0.717) is 11.1 Å². The predicted octanol–water partition coefficient (Wildman–Crippen LogP) is 2.70. The van der Waals surface area contributed by atoms with Crippen molar-refractivity contribution in [2.75, 3.05) is 0 Å². The molecule has 1 aliphatic rings. The molecule has 0 atom stereocenters. The Bertz CT molecular complexity index is 930. The van der Waals surface area contributed by atoms with Crippen LogP contribution in [0.1, 0.15) is 13.8 Å². The molecule has 0 spiro atoms. The van der Waals surface area contributed by atoms with Crippen LogP contribution in [0.25, 0.3) is 0 Å². The fourth-order valence-corrected chi connectivity index (χ4v) is 2.83. The number of nitrogens with zero attached hydrogens (tertiary/aromatic N) is 2. The number of carbonyl (C=O) groups excluding carboxylic acids is 1. The molecule has 0 amide bonds. The van der Waals surface area contributed by atoms with Crippen LogP contribution in [0.15, 0.2) is 56.6 Å². The zero-order chi connectivity index (χ0) is 18.1. The standard InChI is InChI=1S/C14H11ClN2O6S/c1-8-9(2)14(18)12(15)7-13(8)16-23-24(21,22)11-5-3-4-10(6-11)17(19)20/h3-7H,1-2H3. The number of hydrogen-bond acceptors (Lipinski definition) is 7. The maximum atomic E-state index is 12.1. The maximum absolute atomic E-state index is 12.1. The molecular formula is C14H11ClN2O6S. The third-order valence-electron chi connectivity index (χ3n) is 3.32. The van der Waals surface area contributed by atoms with Crippen molar-refractivity contribution in [1.82, 2.24) is 0 Å². The van der Waals surface area contributed by atoms with E-state index < -0.39 is 25.6 Å². The summed E-state index contributed by atoms with van der Waals surface area (Å²) in [5.41, 5.74) is 0.410. The first-order valence-corrected chi connectivity index (χ1v) is 8.28. The number of nitro groups is 1. The second kappa shape index (κ2) is 6.54. The van der Waals surface area contributed by atoms with Gasteiger partial charge in [-0.15, -0.1) is 0 Å². The lowest BCUT2D eigenvalue weighted by molar-refractivity contribution is -0.385. The van der Waals surface area contributed by atoms with Crippen LogP contribution in [-0.2, 0) is 19.2 Å². The van der Waals surface area contributed by atoms with E-state index in [-0.39, 0.29) is 16.5 Å². The number of rotatable bonds is 4. The summed E-state index contributed by atoms with van der Waals surface area (Å²) in [7, 11) is -4.36. The van der Waals surface area contributed by atoms with Gasteiger partial charge in [-0.05, 0) is 31.6 Å². The molecule has 0 radical (unpaired) electrons. The Morgan fingerprint density at radius 1 is 1.25 bits per heavy atom. The first-order valence-electron chi connectivity index (χ1n) is 6.49. The smallest absolute Gasteiger partial charge is 0.288 e. The average molecular weight is 371 g/mol. The zero-order valence-electron chi connectivity index (χ0n) is 12.5. The van der Waals surface area contributed by atoms with E-state index in [2.05, 4.69) is 9.44 Å². The van der Waals surface area contributed by atoms with E-state index in [4.69, 9.17) is 11.6 Å². The van der Waals surface area contributed by atoms with Crippen LogP contribution in [0.2, 0.25) is 0 Å². The summed E-state index contributed by atoms with van der Waals surface area (Å²) in [4.78, 5) is 21.2. The molecular weight excluding hydrogens is 360 g/mol. The minimum Gasteiger partial charge on any atom is -0.288 e. The van der Waals surface area contributed by atoms with Crippen LogP contribution in [0.4, 0.5) is 5.69 Å². The van der Waals surface area contributed by atoms with Gasteiger partial charge in [0, 0.05) is 17.7 Å². The first kappa shape index (κ1) is 17.8. The highest BCUT2D eigenvalue weighted by Crippen LogP contribution is 2.23. The Hall–Kier alpha value is -2.52. The largest absolute Gasteiger partial charge is 0.358 e. The van der Waals surface area contributed by atoms with Gasteiger partial charge in [-0.3, -0.25) is 19.2 Å². The van der Waals surface area contributed by atoms with Gasteiger partial charge in [0.15, 0.2) is 5.78 Å². The Morgan fingerprint density at radius 3 is 2.54 bits per heavy atom. The fraction of sp³-hybridized carbons (Fsp3) is 0.143. The van der Waals surface area contributed by atoms with Crippen LogP contribution in [0, 0.1) is 10.1 Å². The van der Waals surface area contributed by atoms with Crippen molar-refractivity contribution in [2.24, 2.45) is 5.16 Å². The highest BCUT2D eigenvalue weighted by molar-refractivity contribution is 7.86. The lowest BCUT2D eigenvalue weighted by Crippen LogP contribution is -2.15. The van der Waals surface area contributed by atoms with E-state index in [1.54, 1.807) is 6.92 Å². The van der Waals surface area contributed by atoms with E-state index in [9.17, 15) is 23.3 Å². The molecule has 0 fully saturated rings. The number of non-ortho nitro benzene ring substituents is 1. The first-order chi connectivity index (χ1) is 11.1. The van der Waals surface area contributed by atoms with Crippen LogP contribution in [0.3, 0.4) is 0 Å². The monoisotopic (exact) mass is 370 g/mol. The van der Waals surface area contributed by atoms with Gasteiger partial charge in [-0.2, -0.15) is 8.42 Å². The Kier molecular flexibility index (Phi) is 4.86. The summed E-state index contributed by atoms with van der Waals surface area (Å²) < 4.78 is 28.8. The van der Waals surface area contributed by atoms with Crippen LogP contribution < -0.4 is 0 Å². The number of nitro benzene ring substituents is 1. The van der Waals surface area contributed by atoms with Crippen LogP contribution >= 0.6 is 11.6 Å². The van der Waals surface area contributed by atoms with Gasteiger partial charge in [-0.25, -0.2) is 0 Å². The summed E-state index contributed by atoms with van der Waals surface area (Å²) in [6, 6.07) is 4.36. The SMILES string of the molecule is CC1=C(C)C(=NOS(=O)(=O)c2cccc([N+](=O)[O-])c2)C=C(Cl)C1=O. The van der Waals surface area contributed by atoms with Crippen molar-refractivity contribution in [3.8, 4) is 0 Å². The Morgan fingerprint density at radius 2 is 1.92 bits per heavy atom. The molecule has 0 aliphatic heterocycles. The number of carbonyl (C=O) groups is 1. The molecule has 0 aromatic heterocycles. The van der Waals surface area contributed by atoms with Crippen molar-refractivity contribution in [3.63, 3.8) is 0 Å². The van der Waals surface area contributed by atoms with Crippen LogP contribution in [-0.4, -0.2) is 24.8 Å². The van der Waals surface area contributed by atoms with Gasteiger partial charge in [0.1, 0.15) is 10.6 Å². The molecule has 0 N–H and O–H groups in total. The maximum Gasteiger partial charge on any atom is 0.358 e. The van der Waals surface area contributed by atoms with Gasteiger partial charge in [0.2, 0.25) is 0 Å².